The molecule has 0 unspecified atom stereocenters. The van der Waals surface area contributed by atoms with Crippen molar-refractivity contribution in [2.75, 3.05) is 13.4 Å². The fourth-order valence-corrected chi connectivity index (χ4v) is 5.50. The van der Waals surface area contributed by atoms with E-state index in [1.807, 2.05) is 0 Å². The first kappa shape index (κ1) is 33.7. The van der Waals surface area contributed by atoms with Crippen LogP contribution in [0, 0.1) is 11.6 Å². The smallest absolute Gasteiger partial charge is 0.247 e. The van der Waals surface area contributed by atoms with Gasteiger partial charge in [0.25, 0.3) is 0 Å². The van der Waals surface area contributed by atoms with E-state index in [1.54, 1.807) is 6.92 Å². The van der Waals surface area contributed by atoms with Crippen molar-refractivity contribution in [3.8, 4) is 17.2 Å². The Bertz CT molecular complexity index is 1470. The highest BCUT2D eigenvalue weighted by molar-refractivity contribution is 5.97. The molecule has 13 nitrogen and oxygen atoms in total. The number of fused-ring (bicyclic) bond motifs is 1. The number of nitrogens with one attached hydrogen (secondary N) is 1. The number of hydrogen-bond acceptors (Lipinski definition) is 12. The first-order chi connectivity index (χ1) is 21.8. The number of phenolic OH excluding ortho intramolecular Hbond substituents is 1. The van der Waals surface area contributed by atoms with Crippen LogP contribution in [0.15, 0.2) is 53.6 Å². The third kappa shape index (κ3) is 7.16. The Labute approximate surface area is 261 Å². The maximum atomic E-state index is 13.4. The first-order valence-corrected chi connectivity index (χ1v) is 14.4. The van der Waals surface area contributed by atoms with E-state index in [4.69, 9.17) is 23.7 Å². The minimum absolute atomic E-state index is 0.0328. The van der Waals surface area contributed by atoms with Crippen molar-refractivity contribution in [2.45, 2.75) is 75.0 Å². The van der Waals surface area contributed by atoms with Crippen LogP contribution < -0.4 is 14.8 Å². The second-order valence-electron chi connectivity index (χ2n) is 11.3. The van der Waals surface area contributed by atoms with Crippen LogP contribution in [0.2, 0.25) is 0 Å². The molecule has 1 aliphatic carbocycles. The highest BCUT2D eigenvalue weighted by Gasteiger charge is 2.53. The van der Waals surface area contributed by atoms with Crippen molar-refractivity contribution in [2.24, 2.45) is 0 Å². The number of halogens is 2. The van der Waals surface area contributed by atoms with Crippen LogP contribution in [-0.2, 0) is 19.0 Å². The van der Waals surface area contributed by atoms with Crippen molar-refractivity contribution in [3.05, 3.63) is 70.8 Å². The van der Waals surface area contributed by atoms with E-state index in [0.717, 1.165) is 12.1 Å². The summed E-state index contributed by atoms with van der Waals surface area (Å²) in [7, 11) is 0. The standard InChI is InChI=1S/C31H35F2NO12/c1-13(5-6-42-18-10-16(32)9-17(33)11-18)27-25(39)26(40)31(46-27)45-20-4-3-15(8-19(20)35)7-14(2)30(41)34-21-22(36)24(38)29-28(23(21)37)43-12-44-29/h3-5,7-11,21-29,31,35-40H,6,12H2,1-2H3,(H,34,41)/t21-,22+,23-,24-,25+,26+,27-,28+,29-,31-/m1/s1. The minimum atomic E-state index is -1.51. The van der Waals surface area contributed by atoms with Gasteiger partial charge in [0.15, 0.2) is 11.5 Å². The molecule has 0 spiro atoms. The molecule has 0 bridgehead atoms. The maximum Gasteiger partial charge on any atom is 0.247 e. The van der Waals surface area contributed by atoms with Crippen molar-refractivity contribution >= 4 is 12.0 Å². The largest absolute Gasteiger partial charge is 0.504 e. The minimum Gasteiger partial charge on any atom is -0.504 e. The number of rotatable bonds is 9. The molecule has 2 aromatic carbocycles. The van der Waals surface area contributed by atoms with Gasteiger partial charge >= 0.3 is 0 Å². The number of hydrogen-bond donors (Lipinski definition) is 7. The summed E-state index contributed by atoms with van der Waals surface area (Å²) in [4.78, 5) is 12.9. The van der Waals surface area contributed by atoms with E-state index >= 15 is 0 Å². The molecule has 7 N–H and O–H groups in total. The Morgan fingerprint density at radius 2 is 1.61 bits per heavy atom. The van der Waals surface area contributed by atoms with Crippen molar-refractivity contribution in [1.29, 1.82) is 0 Å². The van der Waals surface area contributed by atoms with Crippen LogP contribution in [0.1, 0.15) is 19.4 Å². The molecule has 0 aromatic heterocycles. The lowest BCUT2D eigenvalue weighted by molar-refractivity contribution is -0.155. The van der Waals surface area contributed by atoms with Crippen LogP contribution in [0.3, 0.4) is 0 Å². The Balaban J connectivity index is 1.18. The summed E-state index contributed by atoms with van der Waals surface area (Å²) >= 11 is 0. The molecule has 2 aliphatic heterocycles. The van der Waals surface area contributed by atoms with Gasteiger partial charge in [0.05, 0.1) is 6.04 Å². The summed E-state index contributed by atoms with van der Waals surface area (Å²) in [6.45, 7) is 2.79. The molecule has 3 aliphatic rings. The van der Waals surface area contributed by atoms with Gasteiger partial charge in [0, 0.05) is 23.8 Å². The van der Waals surface area contributed by atoms with Gasteiger partial charge in [0.2, 0.25) is 12.2 Å². The second kappa shape index (κ2) is 14.0. The highest BCUT2D eigenvalue weighted by Crippen LogP contribution is 2.34. The molecular weight excluding hydrogens is 616 g/mol. The molecule has 2 saturated heterocycles. The molecule has 2 aromatic rings. The van der Waals surface area contributed by atoms with E-state index in [9.17, 15) is 44.2 Å². The predicted molar refractivity (Wildman–Crippen MR) is 153 cm³/mol. The number of aliphatic hydroxyl groups is 5. The molecule has 250 valence electrons. The zero-order valence-electron chi connectivity index (χ0n) is 24.7. The third-order valence-corrected chi connectivity index (χ3v) is 8.03. The van der Waals surface area contributed by atoms with E-state index in [2.05, 4.69) is 5.32 Å². The van der Waals surface area contributed by atoms with Crippen molar-refractivity contribution in [1.82, 2.24) is 5.32 Å². The number of carbonyl (C=O) groups is 1. The Morgan fingerprint density at radius 1 is 0.935 bits per heavy atom. The number of ether oxygens (including phenoxy) is 5. The predicted octanol–water partition coefficient (Wildman–Crippen LogP) is 0.247. The quantitative estimate of drug-likeness (QED) is 0.144. The number of phenols is 1. The lowest BCUT2D eigenvalue weighted by atomic mass is 9.83. The summed E-state index contributed by atoms with van der Waals surface area (Å²) < 4.78 is 53.8. The number of benzene rings is 2. The molecule has 10 atom stereocenters. The lowest BCUT2D eigenvalue weighted by Crippen LogP contribution is -2.67. The molecule has 1 saturated carbocycles. The molecule has 5 rings (SSSR count). The lowest BCUT2D eigenvalue weighted by Gasteiger charge is -2.41. The average Bonchev–Trinajstić information content (AvgIpc) is 3.60. The van der Waals surface area contributed by atoms with Crippen LogP contribution >= 0.6 is 0 Å². The van der Waals surface area contributed by atoms with Crippen LogP contribution in [0.4, 0.5) is 8.78 Å². The molecule has 0 radical (unpaired) electrons. The maximum absolute atomic E-state index is 13.4. The summed E-state index contributed by atoms with van der Waals surface area (Å²) in [5, 5.41) is 65.5. The van der Waals surface area contributed by atoms with Gasteiger partial charge in [0.1, 0.15) is 79.6 Å². The van der Waals surface area contributed by atoms with Gasteiger partial charge in [-0.3, -0.25) is 4.79 Å². The molecular formula is C31H35F2NO12. The molecule has 1 amide bonds. The SMILES string of the molecule is CC(=Cc1ccc(O[C@@H]2O[C@H](C(C)=CCOc3cc(F)cc(F)c3)[C@@H](O)[C@@H]2O)c(O)c1)C(=O)N[C@@H]1[C@H](O)[C@@H](O)[C@H]2OCO[C@H]2[C@@H]1O. The van der Waals surface area contributed by atoms with Gasteiger partial charge in [-0.25, -0.2) is 8.78 Å². The van der Waals surface area contributed by atoms with Crippen molar-refractivity contribution < 1.29 is 67.9 Å². The van der Waals surface area contributed by atoms with Gasteiger partial charge < -0.3 is 59.6 Å². The molecule has 15 heteroatoms. The highest BCUT2D eigenvalue weighted by atomic mass is 19.1. The zero-order chi connectivity index (χ0) is 33.3. The first-order valence-electron chi connectivity index (χ1n) is 14.4. The normalized spacial score (nSPS) is 33.1. The second-order valence-corrected chi connectivity index (χ2v) is 11.3. The summed E-state index contributed by atoms with van der Waals surface area (Å²) in [6, 6.07) is 5.64. The number of amides is 1. The van der Waals surface area contributed by atoms with Crippen LogP contribution in [0.25, 0.3) is 6.08 Å². The van der Waals surface area contributed by atoms with Crippen LogP contribution in [0.5, 0.6) is 17.2 Å². The molecule has 46 heavy (non-hydrogen) atoms. The van der Waals surface area contributed by atoms with E-state index < -0.39 is 78.7 Å². The van der Waals surface area contributed by atoms with Gasteiger partial charge in [-0.15, -0.1) is 0 Å². The Morgan fingerprint density at radius 3 is 2.28 bits per heavy atom. The van der Waals surface area contributed by atoms with E-state index in [0.29, 0.717) is 17.2 Å². The fourth-order valence-electron chi connectivity index (χ4n) is 5.50. The monoisotopic (exact) mass is 651 g/mol. The van der Waals surface area contributed by atoms with Gasteiger partial charge in [-0.1, -0.05) is 6.07 Å². The number of carbonyl (C=O) groups excluding carboxylic acids is 1. The Kier molecular flexibility index (Phi) is 10.2. The fraction of sp³-hybridized carbons (Fsp3) is 0.452. The summed E-state index contributed by atoms with van der Waals surface area (Å²) in [5.41, 5.74) is 0.958. The molecule has 2 heterocycles. The summed E-state index contributed by atoms with van der Waals surface area (Å²) in [6.07, 6.45) is -8.46. The third-order valence-electron chi connectivity index (χ3n) is 8.03. The van der Waals surface area contributed by atoms with Crippen LogP contribution in [-0.4, -0.2) is 111 Å². The Hall–Kier alpha value is -3.67. The summed E-state index contributed by atoms with van der Waals surface area (Å²) in [5.74, 6) is -2.75. The molecule has 3 fully saturated rings. The van der Waals surface area contributed by atoms with Crippen molar-refractivity contribution in [3.63, 3.8) is 0 Å². The number of aliphatic hydroxyl groups excluding tert-OH is 5. The average molecular weight is 652 g/mol. The number of aromatic hydroxyl groups is 1. The van der Waals surface area contributed by atoms with E-state index in [-0.39, 0.29) is 36.2 Å². The van der Waals surface area contributed by atoms with Gasteiger partial charge in [-0.2, -0.15) is 0 Å². The van der Waals surface area contributed by atoms with E-state index in [1.165, 1.54) is 37.3 Å². The zero-order valence-corrected chi connectivity index (χ0v) is 24.7. The topological polar surface area (TPSA) is 197 Å². The van der Waals surface area contributed by atoms with Gasteiger partial charge in [-0.05, 0) is 49.3 Å².